The number of nitrogens with zero attached hydrogens (tertiary/aromatic N) is 1. The molecule has 2 atom stereocenters. The largest absolute Gasteiger partial charge is 0.480 e. The summed E-state index contributed by atoms with van der Waals surface area (Å²) in [5.74, 6) is -1.04. The summed E-state index contributed by atoms with van der Waals surface area (Å²) in [7, 11) is 0. The van der Waals surface area contributed by atoms with Crippen molar-refractivity contribution in [3.63, 3.8) is 0 Å². The van der Waals surface area contributed by atoms with E-state index < -0.39 is 24.2 Å². The minimum atomic E-state index is -1.04. The maximum Gasteiger partial charge on any atom is 0.411 e. The molecule has 5 nitrogen and oxygen atoms in total. The minimum Gasteiger partial charge on any atom is -0.480 e. The van der Waals surface area contributed by atoms with E-state index in [1.807, 2.05) is 30.3 Å². The Hall–Kier alpha value is -2.04. The summed E-state index contributed by atoms with van der Waals surface area (Å²) in [6.45, 7) is 1.84. The third kappa shape index (κ3) is 2.22. The predicted octanol–water partition coefficient (Wildman–Crippen LogP) is 1.48. The van der Waals surface area contributed by atoms with Crippen LogP contribution in [0.2, 0.25) is 0 Å². The molecule has 0 radical (unpaired) electrons. The highest BCUT2D eigenvalue weighted by Crippen LogP contribution is 2.22. The molecule has 1 heterocycles. The van der Waals surface area contributed by atoms with Gasteiger partial charge in [-0.2, -0.15) is 0 Å². The third-order valence-electron chi connectivity index (χ3n) is 2.75. The van der Waals surface area contributed by atoms with Crippen LogP contribution in [0.5, 0.6) is 0 Å². The quantitative estimate of drug-likeness (QED) is 0.861. The van der Waals surface area contributed by atoms with Gasteiger partial charge in [0, 0.05) is 0 Å². The number of ether oxygens (including phenoxy) is 1. The maximum absolute atomic E-state index is 11.5. The van der Waals surface area contributed by atoms with Gasteiger partial charge in [0.15, 0.2) is 6.04 Å². The Balaban J connectivity index is 2.18. The zero-order valence-corrected chi connectivity index (χ0v) is 9.37. The molecule has 1 aromatic rings. The number of carbonyl (C=O) groups is 2. The summed E-state index contributed by atoms with van der Waals surface area (Å²) < 4.78 is 4.93. The number of benzene rings is 1. The number of aliphatic carboxylic acids is 1. The van der Waals surface area contributed by atoms with Crippen LogP contribution in [0, 0.1) is 0 Å². The van der Waals surface area contributed by atoms with Gasteiger partial charge < -0.3 is 9.84 Å². The minimum absolute atomic E-state index is 0.251. The lowest BCUT2D eigenvalue weighted by Gasteiger charge is -2.19. The van der Waals surface area contributed by atoms with Gasteiger partial charge in [0.1, 0.15) is 6.10 Å². The fourth-order valence-corrected chi connectivity index (χ4v) is 1.94. The lowest BCUT2D eigenvalue weighted by atomic mass is 10.1. The molecule has 0 unspecified atom stereocenters. The second-order valence-corrected chi connectivity index (χ2v) is 3.99. The monoisotopic (exact) mass is 235 g/mol. The number of amides is 1. The van der Waals surface area contributed by atoms with Crippen molar-refractivity contribution < 1.29 is 19.4 Å². The van der Waals surface area contributed by atoms with Crippen LogP contribution in [0.25, 0.3) is 0 Å². The van der Waals surface area contributed by atoms with E-state index in [1.54, 1.807) is 6.92 Å². The molecule has 17 heavy (non-hydrogen) atoms. The van der Waals surface area contributed by atoms with Crippen molar-refractivity contribution in [2.75, 3.05) is 0 Å². The topological polar surface area (TPSA) is 66.8 Å². The molecular formula is C12H13NO4. The van der Waals surface area contributed by atoms with Crippen molar-refractivity contribution in [2.24, 2.45) is 0 Å². The molecule has 0 aliphatic carbocycles. The Bertz CT molecular complexity index is 431. The van der Waals surface area contributed by atoms with E-state index in [2.05, 4.69) is 0 Å². The van der Waals surface area contributed by atoms with Crippen molar-refractivity contribution in [3.8, 4) is 0 Å². The Morgan fingerprint density at radius 1 is 1.41 bits per heavy atom. The van der Waals surface area contributed by atoms with Crippen molar-refractivity contribution >= 4 is 12.1 Å². The molecule has 1 aromatic carbocycles. The highest BCUT2D eigenvalue weighted by molar-refractivity contribution is 5.83. The molecule has 1 aliphatic rings. The second kappa shape index (κ2) is 4.45. The van der Waals surface area contributed by atoms with Crippen LogP contribution in [0.3, 0.4) is 0 Å². The highest BCUT2D eigenvalue weighted by atomic mass is 16.6. The average Bonchev–Trinajstić information content (AvgIpc) is 2.55. The maximum atomic E-state index is 11.5. The van der Waals surface area contributed by atoms with Crippen molar-refractivity contribution in [1.82, 2.24) is 4.90 Å². The Morgan fingerprint density at radius 2 is 2.06 bits per heavy atom. The number of cyclic esters (lactones) is 1. The molecule has 0 saturated carbocycles. The molecule has 1 amide bonds. The summed E-state index contributed by atoms with van der Waals surface area (Å²) in [5, 5.41) is 9.08. The van der Waals surface area contributed by atoms with E-state index in [-0.39, 0.29) is 6.54 Å². The molecule has 2 rings (SSSR count). The lowest BCUT2D eigenvalue weighted by Crippen LogP contribution is -2.41. The molecule has 1 fully saturated rings. The van der Waals surface area contributed by atoms with E-state index in [9.17, 15) is 9.59 Å². The van der Waals surface area contributed by atoms with Gasteiger partial charge in [0.05, 0.1) is 6.54 Å². The fraction of sp³-hybridized carbons (Fsp3) is 0.333. The number of hydrogen-bond acceptors (Lipinski definition) is 3. The lowest BCUT2D eigenvalue weighted by molar-refractivity contribution is -0.142. The number of hydrogen-bond donors (Lipinski definition) is 1. The number of carboxylic acids is 1. The molecule has 5 heteroatoms. The first-order chi connectivity index (χ1) is 8.09. The van der Waals surface area contributed by atoms with E-state index in [0.717, 1.165) is 5.56 Å². The Morgan fingerprint density at radius 3 is 2.65 bits per heavy atom. The highest BCUT2D eigenvalue weighted by Gasteiger charge is 2.43. The van der Waals surface area contributed by atoms with Crippen LogP contribution in [-0.4, -0.2) is 34.2 Å². The van der Waals surface area contributed by atoms with Gasteiger partial charge in [-0.15, -0.1) is 0 Å². The van der Waals surface area contributed by atoms with Gasteiger partial charge in [-0.1, -0.05) is 30.3 Å². The number of rotatable bonds is 3. The normalized spacial score (nSPS) is 23.6. The van der Waals surface area contributed by atoms with E-state index in [0.29, 0.717) is 0 Å². The number of carboxylic acid groups (broad SMARTS) is 1. The summed E-state index contributed by atoms with van der Waals surface area (Å²) in [5.41, 5.74) is 0.879. The smallest absolute Gasteiger partial charge is 0.411 e. The molecule has 0 aromatic heterocycles. The van der Waals surface area contributed by atoms with Gasteiger partial charge in [0.25, 0.3) is 0 Å². The van der Waals surface area contributed by atoms with E-state index in [4.69, 9.17) is 9.84 Å². The van der Waals surface area contributed by atoms with Gasteiger partial charge in [-0.25, -0.2) is 9.59 Å². The average molecular weight is 235 g/mol. The molecule has 1 saturated heterocycles. The Kier molecular flexibility index (Phi) is 2.99. The summed E-state index contributed by atoms with van der Waals surface area (Å²) >= 11 is 0. The number of carbonyl (C=O) groups excluding carboxylic acids is 1. The summed E-state index contributed by atoms with van der Waals surface area (Å²) in [6, 6.07) is 8.32. The van der Waals surface area contributed by atoms with Crippen LogP contribution >= 0.6 is 0 Å². The molecule has 1 N–H and O–H groups in total. The van der Waals surface area contributed by atoms with Crippen LogP contribution < -0.4 is 0 Å². The summed E-state index contributed by atoms with van der Waals surface area (Å²) in [4.78, 5) is 23.9. The standard InChI is InChI=1S/C12H13NO4/c1-8-10(11(14)15)13(12(16)17-8)7-9-5-3-2-4-6-9/h2-6,8,10H,7H2,1H3,(H,14,15)/t8-,10+/m0/s1. The van der Waals surface area contributed by atoms with Crippen molar-refractivity contribution in [2.45, 2.75) is 25.6 Å². The molecule has 0 bridgehead atoms. The van der Waals surface area contributed by atoms with Gasteiger partial charge in [-0.3, -0.25) is 4.90 Å². The van der Waals surface area contributed by atoms with Gasteiger partial charge >= 0.3 is 12.1 Å². The van der Waals surface area contributed by atoms with Crippen LogP contribution in [0.1, 0.15) is 12.5 Å². The first-order valence-corrected chi connectivity index (χ1v) is 5.33. The van der Waals surface area contributed by atoms with Crippen LogP contribution in [0.4, 0.5) is 4.79 Å². The molecule has 0 spiro atoms. The third-order valence-corrected chi connectivity index (χ3v) is 2.75. The van der Waals surface area contributed by atoms with Crippen molar-refractivity contribution in [3.05, 3.63) is 35.9 Å². The summed E-state index contributed by atoms with van der Waals surface area (Å²) in [6.07, 6.45) is -1.20. The van der Waals surface area contributed by atoms with Gasteiger partial charge in [0.2, 0.25) is 0 Å². The zero-order valence-electron chi connectivity index (χ0n) is 9.37. The van der Waals surface area contributed by atoms with Crippen molar-refractivity contribution in [1.29, 1.82) is 0 Å². The second-order valence-electron chi connectivity index (χ2n) is 3.99. The zero-order chi connectivity index (χ0) is 12.4. The van der Waals surface area contributed by atoms with E-state index in [1.165, 1.54) is 4.90 Å². The predicted molar refractivity (Wildman–Crippen MR) is 59.4 cm³/mol. The van der Waals surface area contributed by atoms with Crippen LogP contribution in [-0.2, 0) is 16.1 Å². The fourth-order valence-electron chi connectivity index (χ4n) is 1.94. The molecular weight excluding hydrogens is 222 g/mol. The first kappa shape index (κ1) is 11.4. The molecule has 1 aliphatic heterocycles. The molecule has 90 valence electrons. The first-order valence-electron chi connectivity index (χ1n) is 5.33. The van der Waals surface area contributed by atoms with Gasteiger partial charge in [-0.05, 0) is 12.5 Å². The van der Waals surface area contributed by atoms with E-state index >= 15 is 0 Å². The van der Waals surface area contributed by atoms with Crippen LogP contribution in [0.15, 0.2) is 30.3 Å². The SMILES string of the molecule is C[C@@H]1OC(=O)N(Cc2ccccc2)[C@H]1C(=O)O. The Labute approximate surface area is 98.6 Å².